The van der Waals surface area contributed by atoms with E-state index in [1.165, 1.54) is 17.9 Å². The van der Waals surface area contributed by atoms with E-state index >= 15 is 0 Å². The van der Waals surface area contributed by atoms with Crippen LogP contribution in [-0.2, 0) is 0 Å². The summed E-state index contributed by atoms with van der Waals surface area (Å²) in [6, 6.07) is 7.76. The lowest BCUT2D eigenvalue weighted by Gasteiger charge is -2.22. The molecule has 1 aromatic rings. The molecule has 1 aliphatic heterocycles. The normalized spacial score (nSPS) is 20.7. The molecule has 0 radical (unpaired) electrons. The fraction of sp³-hybridized carbons (Fsp3) is 0.571. The Morgan fingerprint density at radius 2 is 2.17 bits per heavy atom. The van der Waals surface area contributed by atoms with Crippen LogP contribution in [0.2, 0.25) is 0 Å². The van der Waals surface area contributed by atoms with Crippen molar-refractivity contribution in [1.29, 1.82) is 0 Å². The predicted molar refractivity (Wildman–Crippen MR) is 76.5 cm³/mol. The molecule has 1 aliphatic rings. The summed E-state index contributed by atoms with van der Waals surface area (Å²) in [5.41, 5.74) is 5.87. The van der Waals surface area contributed by atoms with Gasteiger partial charge in [-0.05, 0) is 42.5 Å². The van der Waals surface area contributed by atoms with Crippen molar-refractivity contribution < 1.29 is 9.47 Å². The summed E-state index contributed by atoms with van der Waals surface area (Å²) in [4.78, 5) is 0. The molecule has 0 bridgehead atoms. The Morgan fingerprint density at radius 1 is 1.39 bits per heavy atom. The zero-order chi connectivity index (χ0) is 12.8. The van der Waals surface area contributed by atoms with Gasteiger partial charge in [0, 0.05) is 5.92 Å². The summed E-state index contributed by atoms with van der Waals surface area (Å²) in [5, 5.41) is 0. The molecule has 2 atom stereocenters. The number of hydrogen-bond donors (Lipinski definition) is 1. The van der Waals surface area contributed by atoms with Crippen molar-refractivity contribution in [2.24, 2.45) is 17.6 Å². The standard InChI is InChI=1S/C14H21NO2S/c1-16-13-4-2-3-5-14(13)17-9-12(8-15)11-6-7-18-10-11/h2-5,11-12H,6-10,15H2,1H3. The van der Waals surface area contributed by atoms with Crippen LogP contribution in [0.15, 0.2) is 24.3 Å². The van der Waals surface area contributed by atoms with E-state index in [0.29, 0.717) is 25.0 Å². The van der Waals surface area contributed by atoms with Crippen LogP contribution in [0.4, 0.5) is 0 Å². The van der Waals surface area contributed by atoms with Crippen molar-refractivity contribution in [2.45, 2.75) is 6.42 Å². The molecule has 100 valence electrons. The third-order valence-corrected chi connectivity index (χ3v) is 4.64. The van der Waals surface area contributed by atoms with Gasteiger partial charge in [0.15, 0.2) is 11.5 Å². The van der Waals surface area contributed by atoms with Crippen molar-refractivity contribution in [3.8, 4) is 11.5 Å². The molecule has 2 N–H and O–H groups in total. The van der Waals surface area contributed by atoms with Gasteiger partial charge in [-0.2, -0.15) is 11.8 Å². The molecule has 3 nitrogen and oxygen atoms in total. The molecule has 0 saturated carbocycles. The van der Waals surface area contributed by atoms with Gasteiger partial charge in [-0.1, -0.05) is 12.1 Å². The highest BCUT2D eigenvalue weighted by Crippen LogP contribution is 2.31. The van der Waals surface area contributed by atoms with E-state index in [-0.39, 0.29) is 0 Å². The van der Waals surface area contributed by atoms with Crippen LogP contribution in [0.25, 0.3) is 0 Å². The van der Waals surface area contributed by atoms with E-state index < -0.39 is 0 Å². The lowest BCUT2D eigenvalue weighted by molar-refractivity contribution is 0.202. The predicted octanol–water partition coefficient (Wildman–Crippen LogP) is 2.40. The number of ether oxygens (including phenoxy) is 2. The van der Waals surface area contributed by atoms with E-state index in [4.69, 9.17) is 15.2 Å². The fourth-order valence-electron chi connectivity index (χ4n) is 2.26. The second kappa shape index (κ2) is 6.90. The quantitative estimate of drug-likeness (QED) is 0.859. The highest BCUT2D eigenvalue weighted by Gasteiger charge is 2.25. The molecule has 0 aromatic heterocycles. The molecule has 4 heteroatoms. The number of methoxy groups -OCH3 is 1. The number of thioether (sulfide) groups is 1. The first kappa shape index (κ1) is 13.6. The number of rotatable bonds is 6. The second-order valence-corrected chi connectivity index (χ2v) is 5.73. The van der Waals surface area contributed by atoms with Crippen LogP contribution in [-0.4, -0.2) is 31.8 Å². The molecule has 1 fully saturated rings. The minimum atomic E-state index is 0.449. The maximum Gasteiger partial charge on any atom is 0.161 e. The van der Waals surface area contributed by atoms with Crippen LogP contribution in [0.5, 0.6) is 11.5 Å². The van der Waals surface area contributed by atoms with Gasteiger partial charge in [-0.25, -0.2) is 0 Å². The molecule has 0 amide bonds. The SMILES string of the molecule is COc1ccccc1OCC(CN)C1CCSC1. The summed E-state index contributed by atoms with van der Waals surface area (Å²) in [5.74, 6) is 5.23. The largest absolute Gasteiger partial charge is 0.493 e. The Balaban J connectivity index is 1.92. The van der Waals surface area contributed by atoms with E-state index in [1.807, 2.05) is 36.0 Å². The molecule has 2 unspecified atom stereocenters. The lowest BCUT2D eigenvalue weighted by atomic mass is 9.93. The molecular formula is C14H21NO2S. The third kappa shape index (κ3) is 3.33. The maximum absolute atomic E-state index is 5.88. The van der Waals surface area contributed by atoms with Crippen molar-refractivity contribution in [2.75, 3.05) is 31.8 Å². The number of benzene rings is 1. The molecule has 1 saturated heterocycles. The van der Waals surface area contributed by atoms with Crippen LogP contribution >= 0.6 is 11.8 Å². The maximum atomic E-state index is 5.88. The summed E-state index contributed by atoms with van der Waals surface area (Å²) >= 11 is 2.02. The van der Waals surface area contributed by atoms with Crippen LogP contribution in [0, 0.1) is 11.8 Å². The first-order valence-corrected chi connectivity index (χ1v) is 7.54. The first-order valence-electron chi connectivity index (χ1n) is 6.38. The van der Waals surface area contributed by atoms with Gasteiger partial charge in [0.1, 0.15) is 0 Å². The van der Waals surface area contributed by atoms with Crippen LogP contribution in [0.1, 0.15) is 6.42 Å². The molecule has 0 spiro atoms. The Bertz CT molecular complexity index is 367. The summed E-state index contributed by atoms with van der Waals surface area (Å²) in [6.45, 7) is 1.38. The number of nitrogens with two attached hydrogens (primary N) is 1. The molecule has 1 heterocycles. The highest BCUT2D eigenvalue weighted by atomic mass is 32.2. The molecule has 1 aromatic carbocycles. The highest BCUT2D eigenvalue weighted by molar-refractivity contribution is 7.99. The van der Waals surface area contributed by atoms with Crippen molar-refractivity contribution in [3.05, 3.63) is 24.3 Å². The smallest absolute Gasteiger partial charge is 0.161 e. The van der Waals surface area contributed by atoms with Crippen molar-refractivity contribution in [3.63, 3.8) is 0 Å². The summed E-state index contributed by atoms with van der Waals surface area (Å²) < 4.78 is 11.2. The van der Waals surface area contributed by atoms with Gasteiger partial charge in [0.25, 0.3) is 0 Å². The van der Waals surface area contributed by atoms with Crippen LogP contribution in [0.3, 0.4) is 0 Å². The molecule has 0 aliphatic carbocycles. The Hall–Kier alpha value is -0.870. The average molecular weight is 267 g/mol. The zero-order valence-corrected chi connectivity index (χ0v) is 11.6. The fourth-order valence-corrected chi connectivity index (χ4v) is 3.63. The Kier molecular flexibility index (Phi) is 5.20. The Labute approximate surface area is 113 Å². The van der Waals surface area contributed by atoms with E-state index in [2.05, 4.69) is 0 Å². The van der Waals surface area contributed by atoms with Gasteiger partial charge < -0.3 is 15.2 Å². The zero-order valence-electron chi connectivity index (χ0n) is 10.8. The van der Waals surface area contributed by atoms with Crippen molar-refractivity contribution >= 4 is 11.8 Å². The van der Waals surface area contributed by atoms with Gasteiger partial charge >= 0.3 is 0 Å². The topological polar surface area (TPSA) is 44.5 Å². The third-order valence-electron chi connectivity index (χ3n) is 3.46. The van der Waals surface area contributed by atoms with Crippen molar-refractivity contribution in [1.82, 2.24) is 0 Å². The summed E-state index contributed by atoms with van der Waals surface area (Å²) in [6.07, 6.45) is 1.27. The van der Waals surface area contributed by atoms with Gasteiger partial charge in [-0.15, -0.1) is 0 Å². The summed E-state index contributed by atoms with van der Waals surface area (Å²) in [7, 11) is 1.66. The van der Waals surface area contributed by atoms with Crippen LogP contribution < -0.4 is 15.2 Å². The molecule has 2 rings (SSSR count). The average Bonchev–Trinajstić information content (AvgIpc) is 2.94. The minimum Gasteiger partial charge on any atom is -0.493 e. The molecular weight excluding hydrogens is 246 g/mol. The Morgan fingerprint density at radius 3 is 2.78 bits per heavy atom. The minimum absolute atomic E-state index is 0.449. The molecule has 18 heavy (non-hydrogen) atoms. The number of hydrogen-bond acceptors (Lipinski definition) is 4. The lowest BCUT2D eigenvalue weighted by Crippen LogP contribution is -2.29. The van der Waals surface area contributed by atoms with Gasteiger partial charge in [0.05, 0.1) is 13.7 Å². The van der Waals surface area contributed by atoms with Gasteiger partial charge in [0.2, 0.25) is 0 Å². The number of para-hydroxylation sites is 2. The monoisotopic (exact) mass is 267 g/mol. The van der Waals surface area contributed by atoms with E-state index in [0.717, 1.165) is 11.5 Å². The first-order chi connectivity index (χ1) is 8.85. The second-order valence-electron chi connectivity index (χ2n) is 4.58. The van der Waals surface area contributed by atoms with Gasteiger partial charge in [-0.3, -0.25) is 0 Å². The van der Waals surface area contributed by atoms with E-state index in [1.54, 1.807) is 7.11 Å². The van der Waals surface area contributed by atoms with E-state index in [9.17, 15) is 0 Å².